The second-order valence-corrected chi connectivity index (χ2v) is 1.02. The first-order chi connectivity index (χ1) is 3.85. The van der Waals surface area contributed by atoms with Gasteiger partial charge in [-0.15, -0.1) is 0 Å². The molecule has 0 aliphatic rings. The largest absolute Gasteiger partial charge is 1.00 e. The van der Waals surface area contributed by atoms with Crippen molar-refractivity contribution in [3.05, 3.63) is 24.6 Å². The Hall–Kier alpha value is 0.586. The molecule has 0 amide bonds. The molecule has 0 saturated heterocycles. The Balaban J connectivity index is 0. The number of nitrogens with zero attached hydrogens (tertiary/aromatic N) is 1. The summed E-state index contributed by atoms with van der Waals surface area (Å²) >= 11 is 0. The second kappa shape index (κ2) is 8.59. The standard InChI is InChI=1S/C6H8NO.K/c1-4-5-6(7-2)8-3;/h4H,1-2H2,3H3;/q-1;+1. The first-order valence-electron chi connectivity index (χ1n) is 2.10. The van der Waals surface area contributed by atoms with Crippen molar-refractivity contribution in [3.63, 3.8) is 0 Å². The number of rotatable bonds is 3. The van der Waals surface area contributed by atoms with E-state index in [-0.39, 0.29) is 51.4 Å². The molecule has 0 N–H and O–H groups in total. The van der Waals surface area contributed by atoms with Crippen LogP contribution in [0.4, 0.5) is 0 Å². The van der Waals surface area contributed by atoms with Gasteiger partial charge in [0.15, 0.2) is 0 Å². The van der Waals surface area contributed by atoms with Gasteiger partial charge in [0.25, 0.3) is 0 Å². The molecule has 0 aromatic heterocycles. The fourth-order valence-electron chi connectivity index (χ4n) is 0.256. The van der Waals surface area contributed by atoms with E-state index in [4.69, 9.17) is 0 Å². The zero-order valence-corrected chi connectivity index (χ0v) is 8.97. The van der Waals surface area contributed by atoms with Crippen molar-refractivity contribution in [1.29, 1.82) is 0 Å². The third kappa shape index (κ3) is 6.47. The third-order valence-corrected chi connectivity index (χ3v) is 0.562. The molecule has 0 rings (SSSR count). The summed E-state index contributed by atoms with van der Waals surface area (Å²) in [5, 5.41) is 0. The summed E-state index contributed by atoms with van der Waals surface area (Å²) in [7, 11) is 1.50. The molecule has 3 heteroatoms. The molecule has 2 nitrogen and oxygen atoms in total. The van der Waals surface area contributed by atoms with Crippen LogP contribution in [0.5, 0.6) is 0 Å². The van der Waals surface area contributed by atoms with Crippen molar-refractivity contribution in [2.45, 2.75) is 0 Å². The zero-order valence-electron chi connectivity index (χ0n) is 5.85. The van der Waals surface area contributed by atoms with Gasteiger partial charge < -0.3 is 4.74 Å². The van der Waals surface area contributed by atoms with Crippen molar-refractivity contribution in [2.75, 3.05) is 7.11 Å². The topological polar surface area (TPSA) is 21.6 Å². The molecule has 0 atom stereocenters. The second-order valence-electron chi connectivity index (χ2n) is 1.02. The minimum Gasteiger partial charge on any atom is -0.497 e. The van der Waals surface area contributed by atoms with Gasteiger partial charge in [-0.2, -0.15) is 6.08 Å². The SMILES string of the molecule is C=C[C-]=C(N=C)OC.[K+]. The minimum atomic E-state index is 0. The fraction of sp³-hybridized carbons (Fsp3) is 0.167. The number of methoxy groups -OCH3 is 1. The summed E-state index contributed by atoms with van der Waals surface area (Å²) in [4.78, 5) is 3.46. The summed E-state index contributed by atoms with van der Waals surface area (Å²) in [6.07, 6.45) is 4.08. The fourth-order valence-corrected chi connectivity index (χ4v) is 0.256. The third-order valence-electron chi connectivity index (χ3n) is 0.562. The Kier molecular flexibility index (Phi) is 11.7. The predicted octanol–water partition coefficient (Wildman–Crippen LogP) is -1.83. The van der Waals surface area contributed by atoms with E-state index in [1.165, 1.54) is 13.2 Å². The minimum absolute atomic E-state index is 0. The van der Waals surface area contributed by atoms with Gasteiger partial charge >= 0.3 is 51.4 Å². The van der Waals surface area contributed by atoms with Crippen LogP contribution in [0, 0.1) is 6.08 Å². The summed E-state index contributed by atoms with van der Waals surface area (Å²) in [6, 6.07) is 0. The predicted molar refractivity (Wildman–Crippen MR) is 33.5 cm³/mol. The van der Waals surface area contributed by atoms with Crippen LogP contribution < -0.4 is 51.4 Å². The average Bonchev–Trinajstić information content (AvgIpc) is 1.83. The summed E-state index contributed by atoms with van der Waals surface area (Å²) in [5.41, 5.74) is 0. The van der Waals surface area contributed by atoms with E-state index in [9.17, 15) is 0 Å². The van der Waals surface area contributed by atoms with E-state index in [0.29, 0.717) is 5.88 Å². The Morgan fingerprint density at radius 3 is 2.44 bits per heavy atom. The molecule has 0 bridgehead atoms. The Labute approximate surface area is 98.1 Å². The molecule has 44 valence electrons. The number of ether oxygens (including phenoxy) is 1. The maximum atomic E-state index is 4.64. The van der Waals surface area contributed by atoms with Gasteiger partial charge in [-0.3, -0.25) is 0 Å². The Bertz CT molecular complexity index is 120. The van der Waals surface area contributed by atoms with Crippen LogP contribution in [0.1, 0.15) is 0 Å². The molecule has 0 spiro atoms. The van der Waals surface area contributed by atoms with Gasteiger partial charge in [-0.25, -0.2) is 17.6 Å². The van der Waals surface area contributed by atoms with Crippen LogP contribution in [0.25, 0.3) is 0 Å². The molecule has 0 aromatic rings. The van der Waals surface area contributed by atoms with Gasteiger partial charge in [0.05, 0.1) is 7.11 Å². The molecule has 0 saturated carbocycles. The monoisotopic (exact) mass is 149 g/mol. The van der Waals surface area contributed by atoms with Crippen LogP contribution in [0.2, 0.25) is 0 Å². The molecule has 0 aliphatic carbocycles. The van der Waals surface area contributed by atoms with Crippen LogP contribution >= 0.6 is 0 Å². The molecular formula is C6H8KNO. The van der Waals surface area contributed by atoms with Crippen molar-refractivity contribution in [1.82, 2.24) is 0 Å². The maximum absolute atomic E-state index is 4.64. The Morgan fingerprint density at radius 1 is 1.78 bits per heavy atom. The average molecular weight is 149 g/mol. The van der Waals surface area contributed by atoms with Gasteiger partial charge in [-0.1, -0.05) is 0 Å². The van der Waals surface area contributed by atoms with Crippen molar-refractivity contribution < 1.29 is 56.1 Å². The van der Waals surface area contributed by atoms with E-state index < -0.39 is 0 Å². The molecular weight excluding hydrogens is 141 g/mol. The normalized spacial score (nSPS) is 9.22. The summed E-state index contributed by atoms with van der Waals surface area (Å²) in [5.74, 6) is 0.361. The van der Waals surface area contributed by atoms with Crippen LogP contribution in [0.3, 0.4) is 0 Å². The van der Waals surface area contributed by atoms with E-state index in [1.54, 1.807) is 0 Å². The van der Waals surface area contributed by atoms with E-state index in [0.717, 1.165) is 0 Å². The van der Waals surface area contributed by atoms with E-state index in [2.05, 4.69) is 29.1 Å². The summed E-state index contributed by atoms with van der Waals surface area (Å²) in [6.45, 7) is 6.62. The molecule has 0 heterocycles. The van der Waals surface area contributed by atoms with Gasteiger partial charge in [0.1, 0.15) is 5.88 Å². The first-order valence-corrected chi connectivity index (χ1v) is 2.10. The molecule has 0 aliphatic heterocycles. The summed E-state index contributed by atoms with van der Waals surface area (Å²) < 4.78 is 4.64. The Morgan fingerprint density at radius 2 is 2.33 bits per heavy atom. The molecule has 0 unspecified atom stereocenters. The van der Waals surface area contributed by atoms with Crippen molar-refractivity contribution >= 4 is 6.72 Å². The van der Waals surface area contributed by atoms with E-state index >= 15 is 0 Å². The van der Waals surface area contributed by atoms with Crippen molar-refractivity contribution in [3.8, 4) is 0 Å². The smallest absolute Gasteiger partial charge is 0.497 e. The molecule has 0 radical (unpaired) electrons. The van der Waals surface area contributed by atoms with Crippen LogP contribution in [0.15, 0.2) is 23.5 Å². The van der Waals surface area contributed by atoms with Gasteiger partial charge in [0.2, 0.25) is 0 Å². The first kappa shape index (κ1) is 12.3. The number of allylic oxidation sites excluding steroid dienone is 2. The zero-order chi connectivity index (χ0) is 6.41. The number of aliphatic imine (C=N–C) groups is 1. The van der Waals surface area contributed by atoms with Gasteiger partial charge in [-0.05, 0) is 6.72 Å². The van der Waals surface area contributed by atoms with E-state index in [1.807, 2.05) is 0 Å². The quantitative estimate of drug-likeness (QED) is 0.152. The van der Waals surface area contributed by atoms with Gasteiger partial charge in [0, 0.05) is 0 Å². The van der Waals surface area contributed by atoms with Crippen molar-refractivity contribution in [2.24, 2.45) is 4.99 Å². The van der Waals surface area contributed by atoms with Crippen LogP contribution in [-0.2, 0) is 4.74 Å². The molecule has 9 heavy (non-hydrogen) atoms. The van der Waals surface area contributed by atoms with Crippen LogP contribution in [-0.4, -0.2) is 13.8 Å². The molecule has 0 fully saturated rings. The number of hydrogen-bond donors (Lipinski definition) is 0. The molecule has 0 aromatic carbocycles. The maximum Gasteiger partial charge on any atom is 1.00 e. The number of hydrogen-bond acceptors (Lipinski definition) is 2.